The third-order valence-electron chi connectivity index (χ3n) is 3.31. The van der Waals surface area contributed by atoms with E-state index in [1.54, 1.807) is 0 Å². The first-order valence-corrected chi connectivity index (χ1v) is 6.10. The van der Waals surface area contributed by atoms with Crippen molar-refractivity contribution in [2.75, 3.05) is 7.05 Å². The van der Waals surface area contributed by atoms with Gasteiger partial charge in [0.15, 0.2) is 0 Å². The molecule has 0 spiro atoms. The van der Waals surface area contributed by atoms with Crippen molar-refractivity contribution in [3.63, 3.8) is 0 Å². The number of aryl methyl sites for hydroxylation is 1. The van der Waals surface area contributed by atoms with Crippen molar-refractivity contribution >= 4 is 5.70 Å². The fourth-order valence-corrected chi connectivity index (χ4v) is 2.20. The van der Waals surface area contributed by atoms with Gasteiger partial charge in [-0.3, -0.25) is 0 Å². The molecule has 0 bridgehead atoms. The zero-order chi connectivity index (χ0) is 13.4. The van der Waals surface area contributed by atoms with Crippen molar-refractivity contribution in [1.29, 1.82) is 0 Å². The Hall–Kier alpha value is -2.49. The molecular weight excluding hydrogens is 238 g/mol. The molecule has 2 aromatic rings. The molecule has 0 saturated carbocycles. The maximum Gasteiger partial charge on any atom is 0.143 e. The molecule has 19 heavy (non-hydrogen) atoms. The Kier molecular flexibility index (Phi) is 2.63. The summed E-state index contributed by atoms with van der Waals surface area (Å²) < 4.78 is 5.37. The summed E-state index contributed by atoms with van der Waals surface area (Å²) in [5, 5.41) is 7.30. The van der Waals surface area contributed by atoms with Gasteiger partial charge in [-0.15, -0.1) is 0 Å². The predicted molar refractivity (Wildman–Crippen MR) is 74.7 cm³/mol. The largest absolute Gasteiger partial charge is 0.360 e. The van der Waals surface area contributed by atoms with E-state index in [9.17, 15) is 0 Å². The average Bonchev–Trinajstić information content (AvgIpc) is 2.95. The standard InChI is InChI=1S/C15H15N3O/c1-10-14(13-9-16-11(2)18(13)3)15(17-19-10)12-7-5-4-6-8-12/h4-9,16H,2H2,1,3H3. The third kappa shape index (κ3) is 1.81. The second-order valence-corrected chi connectivity index (χ2v) is 4.51. The summed E-state index contributed by atoms with van der Waals surface area (Å²) in [6.07, 6.45) is 1.92. The molecule has 1 aromatic heterocycles. The molecule has 0 radical (unpaired) electrons. The van der Waals surface area contributed by atoms with Crippen LogP contribution in [0, 0.1) is 6.92 Å². The summed E-state index contributed by atoms with van der Waals surface area (Å²) in [6, 6.07) is 10.0. The normalized spacial score (nSPS) is 14.5. The number of nitrogens with one attached hydrogen (secondary N) is 1. The monoisotopic (exact) mass is 253 g/mol. The molecule has 0 fully saturated rings. The van der Waals surface area contributed by atoms with Gasteiger partial charge in [0.2, 0.25) is 0 Å². The quantitative estimate of drug-likeness (QED) is 0.893. The highest BCUT2D eigenvalue weighted by atomic mass is 16.5. The van der Waals surface area contributed by atoms with E-state index in [1.165, 1.54) is 0 Å². The van der Waals surface area contributed by atoms with Crippen molar-refractivity contribution in [2.45, 2.75) is 6.92 Å². The smallest absolute Gasteiger partial charge is 0.143 e. The maximum atomic E-state index is 5.37. The van der Waals surface area contributed by atoms with E-state index in [1.807, 2.05) is 55.4 Å². The van der Waals surface area contributed by atoms with Crippen LogP contribution in [-0.2, 0) is 0 Å². The highest BCUT2D eigenvalue weighted by molar-refractivity contribution is 5.80. The van der Waals surface area contributed by atoms with Gasteiger partial charge in [0, 0.05) is 18.8 Å². The molecular formula is C15H15N3O. The summed E-state index contributed by atoms with van der Waals surface area (Å²) in [4.78, 5) is 1.99. The summed E-state index contributed by atoms with van der Waals surface area (Å²) in [7, 11) is 1.97. The molecule has 2 heterocycles. The summed E-state index contributed by atoms with van der Waals surface area (Å²) in [6.45, 7) is 5.86. The molecule has 3 rings (SSSR count). The number of hydrogen-bond donors (Lipinski definition) is 1. The summed E-state index contributed by atoms with van der Waals surface area (Å²) in [5.74, 6) is 1.64. The van der Waals surface area contributed by atoms with Crippen LogP contribution in [0.4, 0.5) is 0 Å². The van der Waals surface area contributed by atoms with Crippen LogP contribution in [0.5, 0.6) is 0 Å². The second-order valence-electron chi connectivity index (χ2n) is 4.51. The molecule has 1 aliphatic rings. The zero-order valence-electron chi connectivity index (χ0n) is 11.0. The molecule has 1 N–H and O–H groups in total. The number of nitrogens with zero attached hydrogens (tertiary/aromatic N) is 2. The SMILES string of the molecule is C=C1NC=C(c2c(-c3ccccc3)noc2C)N1C. The molecule has 4 heteroatoms. The molecule has 96 valence electrons. The van der Waals surface area contributed by atoms with E-state index in [4.69, 9.17) is 4.52 Å². The average molecular weight is 253 g/mol. The molecule has 0 amide bonds. The highest BCUT2D eigenvalue weighted by Crippen LogP contribution is 2.34. The van der Waals surface area contributed by atoms with E-state index in [-0.39, 0.29) is 0 Å². The molecule has 0 unspecified atom stereocenters. The van der Waals surface area contributed by atoms with Crippen molar-refractivity contribution in [3.05, 3.63) is 60.3 Å². The minimum atomic E-state index is 0.799. The van der Waals surface area contributed by atoms with Crippen LogP contribution in [0.3, 0.4) is 0 Å². The van der Waals surface area contributed by atoms with Crippen molar-refractivity contribution < 1.29 is 4.52 Å². The Morgan fingerprint density at radius 1 is 1.26 bits per heavy atom. The van der Waals surface area contributed by atoms with E-state index in [2.05, 4.69) is 17.1 Å². The Bertz CT molecular complexity index is 655. The number of hydrogen-bond acceptors (Lipinski definition) is 4. The van der Waals surface area contributed by atoms with Gasteiger partial charge in [0.05, 0.1) is 11.3 Å². The van der Waals surface area contributed by atoms with Crippen molar-refractivity contribution in [1.82, 2.24) is 15.4 Å². The molecule has 4 nitrogen and oxygen atoms in total. The Labute approximate surface area is 112 Å². The Balaban J connectivity index is 2.13. The van der Waals surface area contributed by atoms with E-state index in [0.29, 0.717) is 0 Å². The van der Waals surface area contributed by atoms with Gasteiger partial charge in [-0.05, 0) is 6.92 Å². The van der Waals surface area contributed by atoms with Gasteiger partial charge in [0.25, 0.3) is 0 Å². The van der Waals surface area contributed by atoms with Crippen LogP contribution in [0.25, 0.3) is 17.0 Å². The van der Waals surface area contributed by atoms with Crippen LogP contribution in [-0.4, -0.2) is 17.1 Å². The van der Waals surface area contributed by atoms with Crippen molar-refractivity contribution in [2.24, 2.45) is 0 Å². The Morgan fingerprint density at radius 2 is 2.00 bits per heavy atom. The van der Waals surface area contributed by atoms with E-state index >= 15 is 0 Å². The number of benzene rings is 1. The molecule has 0 aliphatic carbocycles. The summed E-state index contributed by atoms with van der Waals surface area (Å²) >= 11 is 0. The minimum Gasteiger partial charge on any atom is -0.360 e. The van der Waals surface area contributed by atoms with Crippen LogP contribution in [0.2, 0.25) is 0 Å². The first-order valence-electron chi connectivity index (χ1n) is 6.10. The zero-order valence-corrected chi connectivity index (χ0v) is 11.0. The topological polar surface area (TPSA) is 41.3 Å². The predicted octanol–water partition coefficient (Wildman–Crippen LogP) is 2.95. The van der Waals surface area contributed by atoms with Gasteiger partial charge in [-0.1, -0.05) is 42.1 Å². The van der Waals surface area contributed by atoms with Gasteiger partial charge < -0.3 is 14.7 Å². The molecule has 1 aromatic carbocycles. The van der Waals surface area contributed by atoms with Crippen LogP contribution in [0.15, 0.2) is 53.5 Å². The van der Waals surface area contributed by atoms with Crippen LogP contribution < -0.4 is 5.32 Å². The lowest BCUT2D eigenvalue weighted by Crippen LogP contribution is -2.14. The molecule has 0 saturated heterocycles. The lowest BCUT2D eigenvalue weighted by Gasteiger charge is -2.16. The lowest BCUT2D eigenvalue weighted by molar-refractivity contribution is 0.399. The summed E-state index contributed by atoms with van der Waals surface area (Å²) in [5.41, 5.74) is 3.91. The maximum absolute atomic E-state index is 5.37. The van der Waals surface area contributed by atoms with Crippen LogP contribution in [0.1, 0.15) is 11.3 Å². The van der Waals surface area contributed by atoms with Gasteiger partial charge in [-0.25, -0.2) is 0 Å². The Morgan fingerprint density at radius 3 is 2.63 bits per heavy atom. The third-order valence-corrected chi connectivity index (χ3v) is 3.31. The fraction of sp³-hybridized carbons (Fsp3) is 0.133. The molecule has 0 atom stereocenters. The van der Waals surface area contributed by atoms with Crippen LogP contribution >= 0.6 is 0 Å². The van der Waals surface area contributed by atoms with E-state index < -0.39 is 0 Å². The number of rotatable bonds is 2. The van der Waals surface area contributed by atoms with Crippen molar-refractivity contribution in [3.8, 4) is 11.3 Å². The van der Waals surface area contributed by atoms with E-state index in [0.717, 1.165) is 34.1 Å². The van der Waals surface area contributed by atoms with Gasteiger partial charge >= 0.3 is 0 Å². The number of aromatic nitrogens is 1. The first-order chi connectivity index (χ1) is 9.18. The first kappa shape index (κ1) is 11.6. The highest BCUT2D eigenvalue weighted by Gasteiger charge is 2.24. The van der Waals surface area contributed by atoms with Gasteiger partial charge in [-0.2, -0.15) is 0 Å². The molecule has 1 aliphatic heterocycles. The minimum absolute atomic E-state index is 0.799. The fourth-order valence-electron chi connectivity index (χ4n) is 2.20. The lowest BCUT2D eigenvalue weighted by atomic mass is 10.0. The van der Waals surface area contributed by atoms with Gasteiger partial charge in [0.1, 0.15) is 17.3 Å². The second kappa shape index (κ2) is 4.31.